The third kappa shape index (κ3) is 1.71. The molecule has 0 bridgehead atoms. The molecule has 1 N–H and O–H groups in total. The van der Waals surface area contributed by atoms with Gasteiger partial charge in [-0.2, -0.15) is 0 Å². The average molecular weight is 231 g/mol. The van der Waals surface area contributed by atoms with Crippen molar-refractivity contribution in [3.05, 3.63) is 29.5 Å². The van der Waals surface area contributed by atoms with Gasteiger partial charge in [-0.15, -0.1) is 0 Å². The maximum absolute atomic E-state index is 11.6. The van der Waals surface area contributed by atoms with Crippen molar-refractivity contribution in [1.29, 1.82) is 0 Å². The Kier molecular flexibility index (Phi) is 2.95. The number of carbonyl (C=O) groups excluding carboxylic acids is 2. The summed E-state index contributed by atoms with van der Waals surface area (Å²) >= 11 is 0. The van der Waals surface area contributed by atoms with E-state index in [9.17, 15) is 9.59 Å². The summed E-state index contributed by atoms with van der Waals surface area (Å²) < 4.78 is 5.22. The molecule has 0 atom stereocenters. The van der Waals surface area contributed by atoms with E-state index in [0.717, 1.165) is 16.6 Å². The molecule has 0 saturated heterocycles. The Balaban J connectivity index is 2.80. The number of rotatable bonds is 4. The molecule has 0 saturated carbocycles. The maximum atomic E-state index is 11.6. The highest BCUT2D eigenvalue weighted by molar-refractivity contribution is 6.37. The molecule has 2 aromatic rings. The first-order valence-corrected chi connectivity index (χ1v) is 5.40. The van der Waals surface area contributed by atoms with Crippen LogP contribution in [-0.2, 0) is 11.2 Å². The predicted octanol–water partition coefficient (Wildman–Crippen LogP) is 2.12. The Morgan fingerprint density at radius 2 is 2.24 bits per heavy atom. The van der Waals surface area contributed by atoms with Gasteiger partial charge < -0.3 is 9.72 Å². The molecule has 0 aliphatic heterocycles. The number of fused-ring (bicyclic) bond motifs is 1. The number of ketones is 1. The third-order valence-electron chi connectivity index (χ3n) is 2.80. The van der Waals surface area contributed by atoms with E-state index in [0.29, 0.717) is 24.0 Å². The smallest absolute Gasteiger partial charge is 0.227 e. The molecule has 1 aromatic carbocycles. The normalized spacial score (nSPS) is 10.5. The molecular formula is C13H13NO3. The molecular weight excluding hydrogens is 218 g/mol. The molecule has 4 nitrogen and oxygen atoms in total. The Hall–Kier alpha value is -2.10. The molecule has 2 rings (SSSR count). The lowest BCUT2D eigenvalue weighted by Gasteiger charge is -2.00. The highest BCUT2D eigenvalue weighted by atomic mass is 16.5. The fraction of sp³-hybridized carbons (Fsp3) is 0.231. The van der Waals surface area contributed by atoms with Crippen molar-refractivity contribution in [2.45, 2.75) is 13.3 Å². The van der Waals surface area contributed by atoms with Crippen molar-refractivity contribution in [2.24, 2.45) is 0 Å². The first kappa shape index (κ1) is 11.4. The van der Waals surface area contributed by atoms with Crippen molar-refractivity contribution in [2.75, 3.05) is 7.11 Å². The van der Waals surface area contributed by atoms with E-state index >= 15 is 0 Å². The predicted molar refractivity (Wildman–Crippen MR) is 64.6 cm³/mol. The van der Waals surface area contributed by atoms with E-state index in [1.165, 1.54) is 0 Å². The number of methoxy groups -OCH3 is 1. The second kappa shape index (κ2) is 4.41. The number of hydrogen-bond acceptors (Lipinski definition) is 3. The molecule has 1 aromatic heterocycles. The van der Waals surface area contributed by atoms with Gasteiger partial charge in [0.2, 0.25) is 5.78 Å². The SMILES string of the molecule is CCc1[nH]c2c(OC)cccc2c1C(=O)C=O. The topological polar surface area (TPSA) is 59.2 Å². The van der Waals surface area contributed by atoms with Gasteiger partial charge >= 0.3 is 0 Å². The number of hydrogen-bond donors (Lipinski definition) is 1. The second-order valence-corrected chi connectivity index (χ2v) is 3.70. The van der Waals surface area contributed by atoms with Crippen LogP contribution in [0.25, 0.3) is 10.9 Å². The number of para-hydroxylation sites is 1. The van der Waals surface area contributed by atoms with Crippen molar-refractivity contribution >= 4 is 23.0 Å². The summed E-state index contributed by atoms with van der Waals surface area (Å²) in [6.45, 7) is 1.93. The van der Waals surface area contributed by atoms with E-state index in [-0.39, 0.29) is 0 Å². The molecule has 1 heterocycles. The summed E-state index contributed by atoms with van der Waals surface area (Å²) in [5.41, 5.74) is 1.98. The van der Waals surface area contributed by atoms with Gasteiger partial charge in [-0.1, -0.05) is 19.1 Å². The molecule has 17 heavy (non-hydrogen) atoms. The number of aldehydes is 1. The Bertz CT molecular complexity index is 584. The summed E-state index contributed by atoms with van der Waals surface area (Å²) in [6, 6.07) is 5.42. The van der Waals surface area contributed by atoms with Crippen molar-refractivity contribution in [3.63, 3.8) is 0 Å². The summed E-state index contributed by atoms with van der Waals surface area (Å²) in [6.07, 6.45) is 1.01. The van der Waals surface area contributed by atoms with Crippen molar-refractivity contribution < 1.29 is 14.3 Å². The second-order valence-electron chi connectivity index (χ2n) is 3.70. The minimum Gasteiger partial charge on any atom is -0.495 e. The fourth-order valence-electron chi connectivity index (χ4n) is 2.02. The molecule has 0 spiro atoms. The monoisotopic (exact) mass is 231 g/mol. The number of aryl methyl sites for hydroxylation is 1. The summed E-state index contributed by atoms with van der Waals surface area (Å²) in [5.74, 6) is 0.170. The minimum absolute atomic E-state index is 0.348. The van der Waals surface area contributed by atoms with E-state index in [1.807, 2.05) is 19.1 Å². The number of Topliss-reactive ketones (excluding diaryl/α,β-unsaturated/α-hetero) is 1. The number of H-pyrrole nitrogens is 1. The summed E-state index contributed by atoms with van der Waals surface area (Å²) in [4.78, 5) is 25.5. The van der Waals surface area contributed by atoms with Crippen LogP contribution in [0, 0.1) is 0 Å². The largest absolute Gasteiger partial charge is 0.495 e. The summed E-state index contributed by atoms with van der Waals surface area (Å²) in [7, 11) is 1.57. The first-order valence-electron chi connectivity index (χ1n) is 5.40. The van der Waals surface area contributed by atoms with Gasteiger partial charge in [0.1, 0.15) is 5.75 Å². The molecule has 0 unspecified atom stereocenters. The minimum atomic E-state index is -0.499. The third-order valence-corrected chi connectivity index (χ3v) is 2.80. The van der Waals surface area contributed by atoms with Crippen LogP contribution in [0.1, 0.15) is 23.0 Å². The van der Waals surface area contributed by atoms with Crippen LogP contribution < -0.4 is 4.74 Å². The van der Waals surface area contributed by atoms with Crippen LogP contribution in [0.2, 0.25) is 0 Å². The Labute approximate surface area is 98.6 Å². The lowest BCUT2D eigenvalue weighted by atomic mass is 10.1. The highest BCUT2D eigenvalue weighted by Gasteiger charge is 2.18. The van der Waals surface area contributed by atoms with Crippen molar-refractivity contribution in [1.82, 2.24) is 4.98 Å². The van der Waals surface area contributed by atoms with Gasteiger partial charge in [-0.3, -0.25) is 9.59 Å². The zero-order valence-corrected chi connectivity index (χ0v) is 9.74. The van der Waals surface area contributed by atoms with E-state index in [2.05, 4.69) is 4.98 Å². The lowest BCUT2D eigenvalue weighted by Crippen LogP contribution is -2.02. The van der Waals surface area contributed by atoms with Gasteiger partial charge in [0.15, 0.2) is 6.29 Å². The van der Waals surface area contributed by atoms with Crippen LogP contribution in [-0.4, -0.2) is 24.2 Å². The van der Waals surface area contributed by atoms with Crippen LogP contribution >= 0.6 is 0 Å². The number of ether oxygens (including phenoxy) is 1. The number of benzene rings is 1. The zero-order chi connectivity index (χ0) is 12.4. The molecule has 0 fully saturated rings. The van der Waals surface area contributed by atoms with E-state index in [4.69, 9.17) is 4.74 Å². The molecule has 0 radical (unpaired) electrons. The highest BCUT2D eigenvalue weighted by Crippen LogP contribution is 2.29. The molecule has 4 heteroatoms. The van der Waals surface area contributed by atoms with Gasteiger partial charge in [-0.25, -0.2) is 0 Å². The molecule has 0 aliphatic rings. The number of carbonyl (C=O) groups is 2. The molecule has 88 valence electrons. The standard InChI is InChI=1S/C13H13NO3/c1-3-9-12(10(16)7-15)8-5-4-6-11(17-2)13(8)14-9/h4-7,14H,3H2,1-2H3. The van der Waals surface area contributed by atoms with Crippen LogP contribution in [0.4, 0.5) is 0 Å². The zero-order valence-electron chi connectivity index (χ0n) is 9.74. The van der Waals surface area contributed by atoms with E-state index in [1.54, 1.807) is 13.2 Å². The van der Waals surface area contributed by atoms with Crippen LogP contribution in [0.15, 0.2) is 18.2 Å². The van der Waals surface area contributed by atoms with Gasteiger partial charge in [0.25, 0.3) is 0 Å². The number of aromatic amines is 1. The van der Waals surface area contributed by atoms with E-state index < -0.39 is 5.78 Å². The quantitative estimate of drug-likeness (QED) is 0.498. The Morgan fingerprint density at radius 3 is 2.82 bits per heavy atom. The molecule has 0 amide bonds. The van der Waals surface area contributed by atoms with Crippen molar-refractivity contribution in [3.8, 4) is 5.75 Å². The summed E-state index contributed by atoms with van der Waals surface area (Å²) in [5, 5.41) is 0.735. The van der Waals surface area contributed by atoms with Crippen LogP contribution in [0.3, 0.4) is 0 Å². The maximum Gasteiger partial charge on any atom is 0.227 e. The Morgan fingerprint density at radius 1 is 1.47 bits per heavy atom. The van der Waals surface area contributed by atoms with Gasteiger partial charge in [0.05, 0.1) is 18.2 Å². The first-order chi connectivity index (χ1) is 8.22. The molecule has 0 aliphatic carbocycles. The average Bonchev–Trinajstić information content (AvgIpc) is 2.75. The lowest BCUT2D eigenvalue weighted by molar-refractivity contribution is -0.104. The fourth-order valence-corrected chi connectivity index (χ4v) is 2.02. The number of aromatic nitrogens is 1. The number of nitrogens with one attached hydrogen (secondary N) is 1. The van der Waals surface area contributed by atoms with Crippen LogP contribution in [0.5, 0.6) is 5.75 Å². The van der Waals surface area contributed by atoms with Gasteiger partial charge in [0, 0.05) is 11.1 Å². The van der Waals surface area contributed by atoms with Gasteiger partial charge in [-0.05, 0) is 12.5 Å².